The van der Waals surface area contributed by atoms with Gasteiger partial charge in [-0.15, -0.1) is 12.4 Å². The maximum atomic E-state index is 12.1. The van der Waals surface area contributed by atoms with Gasteiger partial charge in [0.05, 0.1) is 42.7 Å². The standard InChI is InChI=1S/C18H18N2O5.C11H14N2O.2C7H6O5.C7H8O4.C6H6O4.ClH/c1-23-12-3-4-14-13(7-12)11(9-20-14)5-6-19-18(22)16-8-15(21)17(24-2)10-25-16;1-14-9-2-3-11-10(6-9)8(4-5-12)7-13-11;2*1-11-6-3-12-5(7(9)10)2-4(6)8;1-10-7-4-11-5(3-8)2-6(7)9;7-2-4-1-5(8)6(9)3-10-4;/h3-4,7-10,20H,5-6H2,1-2H3,(H,19,22);2-3,6-7,13H,4-5,12H2,1H3;2*2-3H,1H3,(H,9,10);2,4,8H,3H2,1H3;1,3,7,9H,2H2;1H. The lowest BCUT2D eigenvalue weighted by Gasteiger charge is -2.05. The molecule has 0 aliphatic rings. The lowest BCUT2D eigenvalue weighted by molar-refractivity contribution is 0.0649. The lowest BCUT2D eigenvalue weighted by atomic mass is 10.1. The number of carbonyl (C=O) groups excluding carboxylic acids is 1. The number of amides is 1. The van der Waals surface area contributed by atoms with Crippen molar-refractivity contribution in [2.75, 3.05) is 55.7 Å². The number of nitrogens with one attached hydrogen (secondary N) is 3. The van der Waals surface area contributed by atoms with Gasteiger partial charge in [0.15, 0.2) is 11.5 Å². The SMILES string of the molecule is COc1ccc2[nH]cc(CCN)c2c1.COc1ccc2[nH]cc(CCNC(=O)c3cc(=O)c(OC)co3)c2c1.COc1coc(C(=O)O)cc1=O.COc1coc(C(=O)O)cc1=O.COc1coc(CO)cc1=O.Cl.O=c1cc(CO)occ1O. The van der Waals surface area contributed by atoms with Crippen LogP contribution >= 0.6 is 12.4 Å². The first-order valence-corrected chi connectivity index (χ1v) is 24.2. The number of benzene rings is 2. The minimum absolute atomic E-state index is 0. The zero-order valence-electron chi connectivity index (χ0n) is 46.1. The lowest BCUT2D eigenvalue weighted by Crippen LogP contribution is -2.26. The predicted molar refractivity (Wildman–Crippen MR) is 304 cm³/mol. The topological polar surface area (TPSA) is 428 Å². The van der Waals surface area contributed by atoms with E-state index in [-0.39, 0.29) is 71.3 Å². The van der Waals surface area contributed by atoms with Crippen molar-refractivity contribution in [2.45, 2.75) is 26.1 Å². The van der Waals surface area contributed by atoms with E-state index in [9.17, 15) is 38.4 Å². The summed E-state index contributed by atoms with van der Waals surface area (Å²) in [5.74, 6) is -2.11. The third-order valence-corrected chi connectivity index (χ3v) is 11.0. The number of carbonyl (C=O) groups is 3. The van der Waals surface area contributed by atoms with Gasteiger partial charge in [0.25, 0.3) is 5.91 Å². The number of nitrogens with two attached hydrogens (primary N) is 1. The van der Waals surface area contributed by atoms with Crippen LogP contribution in [0.25, 0.3) is 21.8 Å². The Balaban J connectivity index is 0.000000277. The molecule has 0 aliphatic heterocycles. The molecule has 0 radical (unpaired) electrons. The average Bonchev–Trinajstić information content (AvgIpc) is 4.34. The third kappa shape index (κ3) is 20.4. The van der Waals surface area contributed by atoms with Crippen LogP contribution in [0.15, 0.2) is 156 Å². The summed E-state index contributed by atoms with van der Waals surface area (Å²) in [5.41, 5.74) is 7.72. The Hall–Kier alpha value is -10.6. The Kier molecular flexibility index (Phi) is 28.0. The maximum Gasteiger partial charge on any atom is 0.371 e. The Labute approximate surface area is 485 Å². The van der Waals surface area contributed by atoms with Crippen LogP contribution in [0.2, 0.25) is 0 Å². The minimum Gasteiger partial charge on any atom is -0.502 e. The highest BCUT2D eigenvalue weighted by Gasteiger charge is 2.14. The van der Waals surface area contributed by atoms with Crippen LogP contribution < -0.4 is 66.6 Å². The highest BCUT2D eigenvalue weighted by Crippen LogP contribution is 2.25. The largest absolute Gasteiger partial charge is 0.502 e. The molecule has 0 bridgehead atoms. The molecule has 454 valence electrons. The molecule has 7 heterocycles. The van der Waals surface area contributed by atoms with Gasteiger partial charge in [0.1, 0.15) is 67.5 Å². The number of H-pyrrole nitrogens is 2. The fourth-order valence-electron chi connectivity index (χ4n) is 6.72. The van der Waals surface area contributed by atoms with E-state index < -0.39 is 56.8 Å². The van der Waals surface area contributed by atoms with E-state index in [1.54, 1.807) is 14.2 Å². The van der Waals surface area contributed by atoms with E-state index in [2.05, 4.69) is 42.7 Å². The summed E-state index contributed by atoms with van der Waals surface area (Å²) >= 11 is 0. The molecule has 29 heteroatoms. The molecule has 9 rings (SSSR count). The van der Waals surface area contributed by atoms with Crippen molar-refractivity contribution >= 4 is 52.1 Å². The van der Waals surface area contributed by atoms with Gasteiger partial charge in [-0.3, -0.25) is 28.8 Å². The number of aliphatic hydroxyl groups is 2. The van der Waals surface area contributed by atoms with E-state index in [1.165, 1.54) is 51.7 Å². The second-order valence-electron chi connectivity index (χ2n) is 16.3. The first-order valence-electron chi connectivity index (χ1n) is 24.2. The number of ether oxygens (including phenoxy) is 6. The highest BCUT2D eigenvalue weighted by atomic mass is 35.5. The molecule has 0 fully saturated rings. The third-order valence-electron chi connectivity index (χ3n) is 11.0. The van der Waals surface area contributed by atoms with Gasteiger partial charge >= 0.3 is 11.9 Å². The highest BCUT2D eigenvalue weighted by molar-refractivity contribution is 5.91. The Morgan fingerprint density at radius 2 is 0.882 bits per heavy atom. The summed E-state index contributed by atoms with van der Waals surface area (Å²) in [5, 5.41) is 47.4. The molecule has 28 nitrogen and oxygen atoms in total. The van der Waals surface area contributed by atoms with Gasteiger partial charge in [-0.05, 0) is 66.9 Å². The van der Waals surface area contributed by atoms with Crippen molar-refractivity contribution in [1.82, 2.24) is 15.3 Å². The van der Waals surface area contributed by atoms with E-state index >= 15 is 0 Å². The number of methoxy groups -OCH3 is 6. The molecule has 10 N–H and O–H groups in total. The number of hydrogen-bond acceptors (Lipinski definition) is 23. The molecule has 85 heavy (non-hydrogen) atoms. The number of aromatic amines is 2. The Morgan fingerprint density at radius 3 is 1.25 bits per heavy atom. The molecule has 0 atom stereocenters. The van der Waals surface area contributed by atoms with Crippen molar-refractivity contribution in [1.29, 1.82) is 0 Å². The number of aromatic nitrogens is 2. The number of rotatable bonds is 16. The molecular weight excluding hydrogens is 1150 g/mol. The average molecular weight is 1210 g/mol. The van der Waals surface area contributed by atoms with E-state index in [0.717, 1.165) is 89.2 Å². The summed E-state index contributed by atoms with van der Waals surface area (Å²) in [6.07, 6.45) is 10.6. The smallest absolute Gasteiger partial charge is 0.371 e. The van der Waals surface area contributed by atoms with Crippen molar-refractivity contribution in [3.8, 4) is 40.2 Å². The number of carboxylic acid groups (broad SMARTS) is 2. The van der Waals surface area contributed by atoms with Crippen molar-refractivity contribution < 1.29 is 90.4 Å². The second kappa shape index (κ2) is 34.7. The monoisotopic (exact) mass is 1210 g/mol. The Bertz CT molecular complexity index is 3860. The summed E-state index contributed by atoms with van der Waals surface area (Å²) in [6, 6.07) is 16.9. The zero-order valence-corrected chi connectivity index (χ0v) is 46.9. The molecule has 0 spiro atoms. The van der Waals surface area contributed by atoms with Crippen LogP contribution in [0.3, 0.4) is 0 Å². The second-order valence-corrected chi connectivity index (χ2v) is 16.3. The first-order chi connectivity index (χ1) is 40.3. The molecule has 0 unspecified atom stereocenters. The van der Waals surface area contributed by atoms with Crippen LogP contribution in [0.1, 0.15) is 54.3 Å². The number of aromatic carboxylic acids is 2. The van der Waals surface area contributed by atoms with Crippen LogP contribution in [0.4, 0.5) is 0 Å². The van der Waals surface area contributed by atoms with Gasteiger partial charge in [-0.1, -0.05) is 0 Å². The fourth-order valence-corrected chi connectivity index (χ4v) is 6.72. The van der Waals surface area contributed by atoms with Crippen molar-refractivity contribution in [3.05, 3.63) is 201 Å². The number of halogens is 1. The maximum absolute atomic E-state index is 12.1. The van der Waals surface area contributed by atoms with Crippen LogP contribution in [-0.4, -0.2) is 109 Å². The molecule has 1 amide bonds. The predicted octanol–water partition coefficient (Wildman–Crippen LogP) is 4.88. The molecule has 9 aromatic rings. The summed E-state index contributed by atoms with van der Waals surface area (Å²) in [6.45, 7) is 0.456. The summed E-state index contributed by atoms with van der Waals surface area (Å²) in [7, 11) is 8.64. The number of fused-ring (bicyclic) bond motifs is 2. The van der Waals surface area contributed by atoms with Crippen molar-refractivity contribution in [3.63, 3.8) is 0 Å². The van der Waals surface area contributed by atoms with E-state index in [0.29, 0.717) is 19.5 Å². The fraction of sp³-hybridized carbons (Fsp3) is 0.214. The Morgan fingerprint density at radius 1 is 0.506 bits per heavy atom. The van der Waals surface area contributed by atoms with Crippen molar-refractivity contribution in [2.24, 2.45) is 5.73 Å². The molecule has 0 saturated carbocycles. The minimum atomic E-state index is -1.28. The number of aliphatic hydroxyl groups excluding tert-OH is 2. The molecule has 2 aromatic carbocycles. The molecule has 7 aromatic heterocycles. The van der Waals surface area contributed by atoms with Gasteiger partial charge in [-0.2, -0.15) is 0 Å². The van der Waals surface area contributed by atoms with Crippen LogP contribution in [0.5, 0.6) is 40.2 Å². The number of hydrogen-bond donors (Lipinski definition) is 9. The zero-order chi connectivity index (χ0) is 61.9. The molecular formula is C56H59ClN4O24. The van der Waals surface area contributed by atoms with Gasteiger partial charge in [0, 0.05) is 71.1 Å². The first kappa shape index (κ1) is 68.7. The molecule has 0 saturated heterocycles. The quantitative estimate of drug-likeness (QED) is 0.0622. The van der Waals surface area contributed by atoms with E-state index in [1.807, 2.05) is 48.8 Å². The van der Waals surface area contributed by atoms with Crippen LogP contribution in [-0.2, 0) is 26.1 Å². The van der Waals surface area contributed by atoms with Gasteiger partial charge < -0.3 is 97.1 Å². The van der Waals surface area contributed by atoms with Gasteiger partial charge in [-0.25, -0.2) is 9.59 Å². The van der Waals surface area contributed by atoms with Crippen LogP contribution in [0, 0.1) is 0 Å². The number of carboxylic acids is 2. The van der Waals surface area contributed by atoms with Gasteiger partial charge in [0.2, 0.25) is 61.7 Å². The molecule has 0 aliphatic carbocycles. The normalized spacial score (nSPS) is 9.94. The summed E-state index contributed by atoms with van der Waals surface area (Å²) < 4.78 is 52.7. The summed E-state index contributed by atoms with van der Waals surface area (Å²) in [4.78, 5) is 94.1. The van der Waals surface area contributed by atoms with E-state index in [4.69, 9.17) is 54.3 Å². The number of aromatic hydroxyl groups is 1.